The van der Waals surface area contributed by atoms with Crippen molar-refractivity contribution < 1.29 is 8.98 Å². The van der Waals surface area contributed by atoms with Crippen LogP contribution < -0.4 is 4.57 Å². The molecule has 0 aliphatic heterocycles. The molecule has 140 valence electrons. The van der Waals surface area contributed by atoms with E-state index in [4.69, 9.17) is 11.0 Å². The lowest BCUT2D eigenvalue weighted by Gasteiger charge is -2.20. The fourth-order valence-electron chi connectivity index (χ4n) is 3.92. The van der Waals surface area contributed by atoms with Crippen LogP contribution in [0.1, 0.15) is 31.9 Å². The maximum atomic E-state index is 7.27. The number of nitrogens with zero attached hydrogens (tertiary/aromatic N) is 3. The second kappa shape index (κ2) is 6.45. The van der Waals surface area contributed by atoms with Crippen molar-refractivity contribution in [2.75, 3.05) is 0 Å². The van der Waals surface area contributed by atoms with Crippen molar-refractivity contribution in [2.24, 2.45) is 12.5 Å². The van der Waals surface area contributed by atoms with E-state index < -0.39 is 0 Å². The van der Waals surface area contributed by atoms with Crippen molar-refractivity contribution in [1.29, 1.82) is 0 Å². The maximum absolute atomic E-state index is 7.27. The topological polar surface area (TPSA) is 34.3 Å². The molecule has 0 spiro atoms. The van der Waals surface area contributed by atoms with E-state index in [1.807, 2.05) is 31.4 Å². The van der Waals surface area contributed by atoms with Crippen LogP contribution in [-0.2, 0) is 13.5 Å². The van der Waals surface area contributed by atoms with Crippen LogP contribution in [0.3, 0.4) is 0 Å². The Morgan fingerprint density at radius 3 is 2.64 bits per heavy atom. The Balaban J connectivity index is 2.15. The Kier molecular flexibility index (Phi) is 4.19. The highest BCUT2D eigenvalue weighted by Gasteiger charge is 2.26. The summed E-state index contributed by atoms with van der Waals surface area (Å²) in [5, 5.41) is 2.08. The van der Waals surface area contributed by atoms with Gasteiger partial charge in [-0.05, 0) is 42.0 Å². The predicted molar refractivity (Wildman–Crippen MR) is 112 cm³/mol. The van der Waals surface area contributed by atoms with Crippen LogP contribution in [0.25, 0.3) is 38.2 Å². The first-order valence-corrected chi connectivity index (χ1v) is 9.47. The highest BCUT2D eigenvalue weighted by molar-refractivity contribution is 6.10. The number of benzene rings is 1. The minimum atomic E-state index is 0.145. The number of aryl methyl sites for hydroxylation is 2. The molecule has 28 heavy (non-hydrogen) atoms. The molecule has 0 saturated heterocycles. The van der Waals surface area contributed by atoms with Gasteiger partial charge in [0.2, 0.25) is 5.69 Å². The van der Waals surface area contributed by atoms with E-state index in [1.165, 1.54) is 11.1 Å². The van der Waals surface area contributed by atoms with E-state index >= 15 is 0 Å². The summed E-state index contributed by atoms with van der Waals surface area (Å²) in [5.41, 5.74) is 6.15. The second-order valence-corrected chi connectivity index (χ2v) is 8.60. The van der Waals surface area contributed by atoms with Crippen LogP contribution in [0.4, 0.5) is 5.82 Å². The monoisotopic (exact) mass is 370 g/mol. The zero-order valence-corrected chi connectivity index (χ0v) is 17.0. The Morgan fingerprint density at radius 2 is 1.96 bits per heavy atom. The molecule has 0 aliphatic rings. The van der Waals surface area contributed by atoms with Gasteiger partial charge < -0.3 is 9.26 Å². The lowest BCUT2D eigenvalue weighted by atomic mass is 9.84. The van der Waals surface area contributed by atoms with E-state index in [1.54, 1.807) is 6.07 Å². The van der Waals surface area contributed by atoms with Gasteiger partial charge in [-0.25, -0.2) is 4.57 Å². The Labute approximate surface area is 165 Å². The standard InChI is InChI=1S/C24H24N3O/c1-15-13-16(14-24(2,3)4)21-17-10-11-19(25-5)26-23(17)28-22(21)20(15)18-9-7-8-12-27(18)6/h7-13H,14H2,1-4,6H3/q+1. The van der Waals surface area contributed by atoms with Gasteiger partial charge in [0.1, 0.15) is 7.05 Å². The number of furan rings is 1. The summed E-state index contributed by atoms with van der Waals surface area (Å²) in [4.78, 5) is 7.89. The SMILES string of the molecule is [C-]#[N+]c1ccc2c(n1)oc1c(-c3cccc[n+]3C)c(C)cc(CC(C)(C)C)c12. The fraction of sp³-hybridized carbons (Fsp3) is 0.292. The minimum Gasteiger partial charge on any atom is -0.419 e. The zero-order chi connectivity index (χ0) is 20.1. The second-order valence-electron chi connectivity index (χ2n) is 8.60. The first kappa shape index (κ1) is 18.2. The van der Waals surface area contributed by atoms with Crippen LogP contribution >= 0.6 is 0 Å². The van der Waals surface area contributed by atoms with E-state index in [-0.39, 0.29) is 5.41 Å². The van der Waals surface area contributed by atoms with Crippen LogP contribution in [0.5, 0.6) is 0 Å². The van der Waals surface area contributed by atoms with Gasteiger partial charge in [0.25, 0.3) is 5.82 Å². The van der Waals surface area contributed by atoms with Gasteiger partial charge in [0.15, 0.2) is 11.8 Å². The summed E-state index contributed by atoms with van der Waals surface area (Å²) in [6.07, 6.45) is 2.98. The molecular weight excluding hydrogens is 346 g/mol. The number of pyridine rings is 2. The Bertz CT molecular complexity index is 1250. The first-order valence-electron chi connectivity index (χ1n) is 9.47. The van der Waals surface area contributed by atoms with Crippen molar-refractivity contribution in [2.45, 2.75) is 34.1 Å². The number of hydrogen-bond donors (Lipinski definition) is 0. The molecular formula is C24H24N3O+. The van der Waals surface area contributed by atoms with Gasteiger partial charge in [-0.1, -0.05) is 44.5 Å². The number of aromatic nitrogens is 2. The van der Waals surface area contributed by atoms with Crippen molar-refractivity contribution in [3.05, 3.63) is 65.1 Å². The van der Waals surface area contributed by atoms with Crippen LogP contribution in [-0.4, -0.2) is 4.98 Å². The van der Waals surface area contributed by atoms with Gasteiger partial charge in [0.05, 0.1) is 10.9 Å². The molecule has 0 saturated carbocycles. The molecule has 0 fully saturated rings. The molecule has 4 rings (SSSR count). The molecule has 4 nitrogen and oxygen atoms in total. The summed E-state index contributed by atoms with van der Waals surface area (Å²) in [6, 6.07) is 12.2. The average molecular weight is 370 g/mol. The molecule has 0 radical (unpaired) electrons. The van der Waals surface area contributed by atoms with Gasteiger partial charge >= 0.3 is 5.71 Å². The zero-order valence-electron chi connectivity index (χ0n) is 17.0. The summed E-state index contributed by atoms with van der Waals surface area (Å²) >= 11 is 0. The molecule has 0 atom stereocenters. The minimum absolute atomic E-state index is 0.145. The van der Waals surface area contributed by atoms with E-state index in [0.29, 0.717) is 11.5 Å². The van der Waals surface area contributed by atoms with Crippen LogP contribution in [0.2, 0.25) is 0 Å². The van der Waals surface area contributed by atoms with E-state index in [9.17, 15) is 0 Å². The normalized spacial score (nSPS) is 11.9. The number of fused-ring (bicyclic) bond motifs is 3. The lowest BCUT2D eigenvalue weighted by molar-refractivity contribution is -0.660. The maximum Gasteiger partial charge on any atom is 0.322 e. The van der Waals surface area contributed by atoms with Crippen molar-refractivity contribution in [3.63, 3.8) is 0 Å². The molecule has 0 aliphatic carbocycles. The summed E-state index contributed by atoms with van der Waals surface area (Å²) < 4.78 is 8.41. The Morgan fingerprint density at radius 1 is 1.18 bits per heavy atom. The molecule has 3 aromatic heterocycles. The first-order chi connectivity index (χ1) is 13.3. The molecule has 0 unspecified atom stereocenters. The highest BCUT2D eigenvalue weighted by Crippen LogP contribution is 2.40. The van der Waals surface area contributed by atoms with Crippen LogP contribution in [0.15, 0.2) is 47.0 Å². The largest absolute Gasteiger partial charge is 0.419 e. The fourth-order valence-corrected chi connectivity index (χ4v) is 3.92. The Hall–Kier alpha value is -3.19. The van der Waals surface area contributed by atoms with Crippen molar-refractivity contribution in [3.8, 4) is 11.3 Å². The number of hydrogen-bond acceptors (Lipinski definition) is 2. The highest BCUT2D eigenvalue weighted by atomic mass is 16.3. The third-order valence-electron chi connectivity index (χ3n) is 5.02. The molecule has 0 amide bonds. The number of rotatable bonds is 2. The smallest absolute Gasteiger partial charge is 0.322 e. The average Bonchev–Trinajstić information content (AvgIpc) is 3.00. The molecule has 4 aromatic rings. The summed E-state index contributed by atoms with van der Waals surface area (Å²) in [5.74, 6) is 0.354. The quantitative estimate of drug-likeness (QED) is 0.324. The summed E-state index contributed by atoms with van der Waals surface area (Å²) in [7, 11) is 2.04. The van der Waals surface area contributed by atoms with Gasteiger partial charge in [-0.2, -0.15) is 0 Å². The molecule has 4 heteroatoms. The predicted octanol–water partition coefficient (Wildman–Crippen LogP) is 5.92. The third kappa shape index (κ3) is 3.03. The van der Waals surface area contributed by atoms with Crippen molar-refractivity contribution >= 4 is 27.9 Å². The van der Waals surface area contributed by atoms with Crippen molar-refractivity contribution in [1.82, 2.24) is 4.98 Å². The van der Waals surface area contributed by atoms with Gasteiger partial charge in [-0.3, -0.25) is 0 Å². The van der Waals surface area contributed by atoms with E-state index in [0.717, 1.165) is 34.0 Å². The third-order valence-corrected chi connectivity index (χ3v) is 5.02. The van der Waals surface area contributed by atoms with E-state index in [2.05, 4.69) is 54.2 Å². The van der Waals surface area contributed by atoms with Crippen LogP contribution in [0, 0.1) is 18.9 Å². The summed E-state index contributed by atoms with van der Waals surface area (Å²) in [6.45, 7) is 16.1. The molecule has 0 bridgehead atoms. The molecule has 3 heterocycles. The van der Waals surface area contributed by atoms with Gasteiger partial charge in [-0.15, -0.1) is 0 Å². The molecule has 1 aromatic carbocycles. The van der Waals surface area contributed by atoms with Gasteiger partial charge in [0, 0.05) is 17.5 Å². The lowest BCUT2D eigenvalue weighted by Crippen LogP contribution is -2.30. The molecule has 0 N–H and O–H groups in total.